The van der Waals surface area contributed by atoms with Crippen molar-refractivity contribution in [3.05, 3.63) is 69.1 Å². The van der Waals surface area contributed by atoms with Crippen LogP contribution in [0.15, 0.2) is 51.2 Å². The van der Waals surface area contributed by atoms with Crippen molar-refractivity contribution in [1.82, 2.24) is 0 Å². The Balaban J connectivity index is 1.68. The van der Waals surface area contributed by atoms with Gasteiger partial charge in [0, 0.05) is 32.1 Å². The molecule has 0 saturated carbocycles. The zero-order valence-corrected chi connectivity index (χ0v) is 28.9. The number of carbonyl (C=O) groups excluding carboxylic acids is 4. The van der Waals surface area contributed by atoms with Gasteiger partial charge in [0.25, 0.3) is 5.91 Å². The van der Waals surface area contributed by atoms with Crippen LogP contribution in [-0.2, 0) is 35.0 Å². The lowest BCUT2D eigenvalue weighted by Gasteiger charge is -2.48. The number of carbonyl (C=O) groups is 4. The number of benzene rings is 2. The molecule has 0 bridgehead atoms. The summed E-state index contributed by atoms with van der Waals surface area (Å²) in [5, 5.41) is 13.6. The summed E-state index contributed by atoms with van der Waals surface area (Å²) >= 11 is 0. The van der Waals surface area contributed by atoms with Crippen LogP contribution in [0, 0.1) is 6.92 Å². The molecule has 3 aromatic rings. The molecule has 268 valence electrons. The predicted molar refractivity (Wildman–Crippen MR) is 178 cm³/mol. The maximum atomic E-state index is 13.3. The van der Waals surface area contributed by atoms with E-state index in [1.807, 2.05) is 19.9 Å². The Morgan fingerprint density at radius 2 is 1.68 bits per heavy atom. The van der Waals surface area contributed by atoms with Gasteiger partial charge in [0.05, 0.1) is 11.0 Å². The number of rotatable bonds is 10. The van der Waals surface area contributed by atoms with Crippen LogP contribution >= 0.6 is 0 Å². The van der Waals surface area contributed by atoms with E-state index < -0.39 is 71.2 Å². The number of aromatic hydroxyl groups is 1. The van der Waals surface area contributed by atoms with Gasteiger partial charge in [0.2, 0.25) is 12.4 Å². The van der Waals surface area contributed by atoms with Gasteiger partial charge in [-0.05, 0) is 76.9 Å². The number of allylic oxidation sites excluding steroid dienone is 2. The maximum absolute atomic E-state index is 13.3. The molecule has 0 spiro atoms. The minimum absolute atomic E-state index is 0.0648. The van der Waals surface area contributed by atoms with Gasteiger partial charge in [-0.25, -0.2) is 9.59 Å². The molecule has 2 amide bonds. The second-order valence-electron chi connectivity index (χ2n) is 12.4. The highest BCUT2D eigenvalue weighted by Crippen LogP contribution is 2.39. The fourth-order valence-corrected chi connectivity index (χ4v) is 5.61. The lowest BCUT2D eigenvalue weighted by Crippen LogP contribution is -2.66. The quantitative estimate of drug-likeness (QED) is 0.116. The largest absolute Gasteiger partial charge is 0.505 e. The Bertz CT molecular complexity index is 1910. The second-order valence-corrected chi connectivity index (χ2v) is 12.4. The molecule has 1 saturated heterocycles. The summed E-state index contributed by atoms with van der Waals surface area (Å²) < 4.78 is 39.3. The van der Waals surface area contributed by atoms with E-state index in [0.29, 0.717) is 12.0 Å². The van der Waals surface area contributed by atoms with Crippen molar-refractivity contribution >= 4 is 40.6 Å². The summed E-state index contributed by atoms with van der Waals surface area (Å²) in [7, 11) is 1.36. The fourth-order valence-electron chi connectivity index (χ4n) is 5.61. The molecule has 2 heterocycles. The average Bonchev–Trinajstić information content (AvgIpc) is 3.01. The van der Waals surface area contributed by atoms with Crippen molar-refractivity contribution in [1.29, 1.82) is 0 Å². The van der Waals surface area contributed by atoms with Gasteiger partial charge in [0.1, 0.15) is 23.2 Å². The Morgan fingerprint density at radius 3 is 2.28 bits per heavy atom. The molecular formula is C35H40N2O13. The topological polar surface area (TPSA) is 212 Å². The zero-order chi connectivity index (χ0) is 37.1. The molecule has 1 aliphatic rings. The first-order chi connectivity index (χ1) is 23.4. The first-order valence-corrected chi connectivity index (χ1v) is 15.5. The van der Waals surface area contributed by atoms with Crippen LogP contribution in [0.5, 0.6) is 17.2 Å². The normalized spacial score (nSPS) is 19.6. The van der Waals surface area contributed by atoms with Crippen LogP contribution in [0.2, 0.25) is 0 Å². The number of hydrogen-bond acceptors (Lipinski definition) is 13. The van der Waals surface area contributed by atoms with Crippen molar-refractivity contribution in [2.75, 3.05) is 12.4 Å². The highest BCUT2D eigenvalue weighted by molar-refractivity contribution is 6.06. The molecular weight excluding hydrogens is 656 g/mol. The summed E-state index contributed by atoms with van der Waals surface area (Å²) in [4.78, 5) is 61.9. The Labute approximate surface area is 287 Å². The molecule has 4 atom stereocenters. The third kappa shape index (κ3) is 8.23. The first kappa shape index (κ1) is 37.4. The van der Waals surface area contributed by atoms with Crippen LogP contribution in [-0.4, -0.2) is 66.4 Å². The van der Waals surface area contributed by atoms with Crippen LogP contribution in [0.1, 0.15) is 63.0 Å². The standard InChI is InChI=1S/C35H40N2O13/c1-16(2)9-10-20-15-21(11-13-24(20)45-18(4)38)31(41)37-25-26(40)22-12-14-23(17(3)27(22)48-32(25)42)47-33-29(46-19(5)39)28(49-34(36)43)30(44-8)35(6,7)50-33/h9,11-15,28-30,33,40H,10H2,1-8H3,(H2,36,43)(H,37,41)/t28-,29+,30+,33-/m0/s1. The van der Waals surface area contributed by atoms with Crippen LogP contribution in [0.4, 0.5) is 10.5 Å². The highest BCUT2D eigenvalue weighted by Gasteiger charge is 2.55. The van der Waals surface area contributed by atoms with Crippen LogP contribution in [0.3, 0.4) is 0 Å². The number of nitrogens with one attached hydrogen (secondary N) is 1. The Kier molecular flexibility index (Phi) is 11.2. The van der Waals surface area contributed by atoms with E-state index in [1.165, 1.54) is 44.4 Å². The third-order valence-corrected chi connectivity index (χ3v) is 7.84. The summed E-state index contributed by atoms with van der Waals surface area (Å²) in [6.07, 6.45) is -3.73. The Hall–Kier alpha value is -5.41. The molecule has 1 aromatic heterocycles. The lowest BCUT2D eigenvalue weighted by atomic mass is 9.89. The number of amides is 2. The van der Waals surface area contributed by atoms with E-state index >= 15 is 0 Å². The number of aryl methyl sites for hydroxylation is 1. The summed E-state index contributed by atoms with van der Waals surface area (Å²) in [6, 6.07) is 7.24. The molecule has 1 aliphatic heterocycles. The zero-order valence-electron chi connectivity index (χ0n) is 28.9. The monoisotopic (exact) mass is 696 g/mol. The van der Waals surface area contributed by atoms with Crippen molar-refractivity contribution in [3.63, 3.8) is 0 Å². The Morgan fingerprint density at radius 1 is 1.00 bits per heavy atom. The molecule has 15 nitrogen and oxygen atoms in total. The number of hydrogen-bond donors (Lipinski definition) is 3. The van der Waals surface area contributed by atoms with Gasteiger partial charge in [0.15, 0.2) is 17.5 Å². The van der Waals surface area contributed by atoms with Crippen LogP contribution < -0.4 is 26.1 Å². The molecule has 4 N–H and O–H groups in total. The second kappa shape index (κ2) is 15.0. The highest BCUT2D eigenvalue weighted by atomic mass is 16.7. The van der Waals surface area contributed by atoms with E-state index in [1.54, 1.807) is 20.8 Å². The number of primary amides is 1. The number of methoxy groups -OCH3 is 1. The van der Waals surface area contributed by atoms with Gasteiger partial charge in [-0.3, -0.25) is 14.4 Å². The van der Waals surface area contributed by atoms with E-state index in [9.17, 15) is 29.1 Å². The first-order valence-electron chi connectivity index (χ1n) is 15.5. The smallest absolute Gasteiger partial charge is 0.405 e. The van der Waals surface area contributed by atoms with Crippen LogP contribution in [0.25, 0.3) is 11.0 Å². The van der Waals surface area contributed by atoms with E-state index in [0.717, 1.165) is 12.5 Å². The minimum Gasteiger partial charge on any atom is -0.505 e. The van der Waals surface area contributed by atoms with Gasteiger partial charge >= 0.3 is 23.7 Å². The lowest BCUT2D eigenvalue weighted by molar-refractivity contribution is -0.307. The number of anilines is 1. The number of fused-ring (bicyclic) bond motifs is 1. The molecule has 0 radical (unpaired) electrons. The van der Waals surface area contributed by atoms with E-state index in [2.05, 4.69) is 5.32 Å². The number of ether oxygens (including phenoxy) is 6. The summed E-state index contributed by atoms with van der Waals surface area (Å²) in [5.41, 5.74) is 4.46. The van der Waals surface area contributed by atoms with Crippen molar-refractivity contribution in [2.24, 2.45) is 5.73 Å². The molecule has 2 aromatic carbocycles. The maximum Gasteiger partial charge on any atom is 0.405 e. The van der Waals surface area contributed by atoms with Gasteiger partial charge in [-0.15, -0.1) is 0 Å². The SMILES string of the molecule is CO[C@@H]1[C@@H](OC(N)=O)[C@@H](OC(C)=O)[C@@H](Oc2ccc3c(O)c(NC(=O)c4ccc(OC(C)=O)c(CC=C(C)C)c4)c(=O)oc3c2C)OC1(C)C. The van der Waals surface area contributed by atoms with Gasteiger partial charge in [-0.1, -0.05) is 11.6 Å². The molecule has 1 fully saturated rings. The molecule has 50 heavy (non-hydrogen) atoms. The van der Waals surface area contributed by atoms with Crippen molar-refractivity contribution in [3.8, 4) is 17.2 Å². The number of nitrogens with two attached hydrogens (primary N) is 1. The molecule has 0 unspecified atom stereocenters. The van der Waals surface area contributed by atoms with Crippen molar-refractivity contribution < 1.29 is 57.1 Å². The third-order valence-electron chi connectivity index (χ3n) is 7.84. The van der Waals surface area contributed by atoms with Crippen molar-refractivity contribution in [2.45, 2.75) is 85.1 Å². The molecule has 4 rings (SSSR count). The summed E-state index contributed by atoms with van der Waals surface area (Å²) in [6.45, 7) is 11.1. The van der Waals surface area contributed by atoms with Gasteiger partial charge < -0.3 is 49.0 Å². The molecule has 0 aliphatic carbocycles. The predicted octanol–water partition coefficient (Wildman–Crippen LogP) is 4.42. The fraction of sp³-hybridized carbons (Fsp3) is 0.400. The van der Waals surface area contributed by atoms with E-state index in [4.69, 9.17) is 38.6 Å². The molecule has 15 heteroatoms. The van der Waals surface area contributed by atoms with E-state index in [-0.39, 0.29) is 33.6 Å². The average molecular weight is 697 g/mol. The van der Waals surface area contributed by atoms with Gasteiger partial charge in [-0.2, -0.15) is 0 Å². The summed E-state index contributed by atoms with van der Waals surface area (Å²) in [5.74, 6) is -2.17. The minimum atomic E-state index is -1.37. The number of esters is 2.